The molecule has 192 valence electrons. The number of carbonyl (C=O) groups excluding carboxylic acids is 2. The Morgan fingerprint density at radius 3 is 2.36 bits per heavy atom. The number of benzene rings is 2. The van der Waals surface area contributed by atoms with Crippen LogP contribution in [0.2, 0.25) is 0 Å². The summed E-state index contributed by atoms with van der Waals surface area (Å²) >= 11 is 0. The number of nitrogens with zero attached hydrogens (tertiary/aromatic N) is 1. The average Bonchev–Trinajstić information content (AvgIpc) is 2.84. The van der Waals surface area contributed by atoms with E-state index in [1.807, 2.05) is 69.4 Å². The van der Waals surface area contributed by atoms with Crippen LogP contribution in [0.4, 0.5) is 5.69 Å². The van der Waals surface area contributed by atoms with Crippen LogP contribution in [-0.4, -0.2) is 43.2 Å². The number of carbonyl (C=O) groups is 2. The van der Waals surface area contributed by atoms with Gasteiger partial charge >= 0.3 is 0 Å². The fourth-order valence-electron chi connectivity index (χ4n) is 3.93. The average molecular weight is 490 g/mol. The molecule has 0 aromatic heterocycles. The fraction of sp³-hybridized carbons (Fsp3) is 0.467. The molecule has 0 fully saturated rings. The second-order valence-corrected chi connectivity index (χ2v) is 10.5. The Morgan fingerprint density at radius 1 is 0.944 bits per heavy atom. The van der Waals surface area contributed by atoms with Crippen molar-refractivity contribution in [3.05, 3.63) is 65.2 Å². The lowest BCUT2D eigenvalue weighted by Gasteiger charge is -2.29. The first kappa shape index (κ1) is 27.4. The summed E-state index contributed by atoms with van der Waals surface area (Å²) in [6.45, 7) is 9.66. The molecule has 6 nitrogen and oxygen atoms in total. The normalized spacial score (nSPS) is 13.0. The highest BCUT2D eigenvalue weighted by Crippen LogP contribution is 2.26. The van der Waals surface area contributed by atoms with Crippen LogP contribution in [0.25, 0.3) is 0 Å². The molecule has 0 aliphatic carbocycles. The number of anilines is 1. The Labute approximate surface area is 215 Å². The van der Waals surface area contributed by atoms with Gasteiger partial charge in [0.05, 0.1) is 17.8 Å². The maximum atomic E-state index is 13.3. The third kappa shape index (κ3) is 7.94. The van der Waals surface area contributed by atoms with Crippen LogP contribution in [0.15, 0.2) is 48.5 Å². The van der Waals surface area contributed by atoms with Crippen molar-refractivity contribution in [1.29, 1.82) is 0 Å². The number of nitrogens with one attached hydrogen (secondary N) is 2. The van der Waals surface area contributed by atoms with Gasteiger partial charge in [-0.05, 0) is 71.3 Å². The van der Waals surface area contributed by atoms with Crippen LogP contribution >= 0.6 is 0 Å². The van der Waals surface area contributed by atoms with Crippen LogP contribution in [-0.2, 0) is 20.9 Å². The molecule has 1 aliphatic rings. The minimum absolute atomic E-state index is 0.0155. The molecule has 0 saturated carbocycles. The number of rotatable bonds is 11. The van der Waals surface area contributed by atoms with Gasteiger partial charge in [0.1, 0.15) is 0 Å². The quantitative estimate of drug-likeness (QED) is 0.459. The summed E-state index contributed by atoms with van der Waals surface area (Å²) in [5.74, 6) is 6.32. The Balaban J connectivity index is 1.51. The Bertz CT molecular complexity index is 1130. The zero-order valence-corrected chi connectivity index (χ0v) is 22.2. The monoisotopic (exact) mass is 489 g/mol. The van der Waals surface area contributed by atoms with E-state index in [2.05, 4.69) is 36.3 Å². The van der Waals surface area contributed by atoms with Gasteiger partial charge in [0.2, 0.25) is 11.8 Å². The summed E-state index contributed by atoms with van der Waals surface area (Å²) in [7, 11) is 1.94. The smallest absolute Gasteiger partial charge is 0.229 e. The van der Waals surface area contributed by atoms with Crippen molar-refractivity contribution < 1.29 is 14.3 Å². The standard InChI is InChI=1S/C30H39N3O3/c1-29(2,31-5)19-21-36-30(3,4)18-16-27(34)32-20-17-28(35)33-22-25-12-7-6-10-23(25)14-15-24-11-8-9-13-26(24)33/h6-13,31H,16-22H2,1-5H3,(H,32,34). The molecule has 0 atom stereocenters. The lowest BCUT2D eigenvalue weighted by Crippen LogP contribution is -2.39. The molecule has 6 heteroatoms. The molecular formula is C30H39N3O3. The maximum Gasteiger partial charge on any atom is 0.229 e. The van der Waals surface area contributed by atoms with Gasteiger partial charge in [-0.3, -0.25) is 9.59 Å². The second-order valence-electron chi connectivity index (χ2n) is 10.5. The predicted octanol–water partition coefficient (Wildman–Crippen LogP) is 4.40. The molecule has 2 aromatic rings. The first-order valence-electron chi connectivity index (χ1n) is 12.7. The molecule has 2 aromatic carbocycles. The first-order chi connectivity index (χ1) is 17.1. The minimum atomic E-state index is -0.389. The van der Waals surface area contributed by atoms with E-state index in [4.69, 9.17) is 4.74 Å². The van der Waals surface area contributed by atoms with Crippen LogP contribution in [0, 0.1) is 11.8 Å². The van der Waals surface area contributed by atoms with E-state index in [-0.39, 0.29) is 29.4 Å². The summed E-state index contributed by atoms with van der Waals surface area (Å²) < 4.78 is 6.03. The molecule has 36 heavy (non-hydrogen) atoms. The van der Waals surface area contributed by atoms with Crippen LogP contribution < -0.4 is 15.5 Å². The molecule has 1 heterocycles. The van der Waals surface area contributed by atoms with Crippen molar-refractivity contribution in [3.63, 3.8) is 0 Å². The lowest BCUT2D eigenvalue weighted by atomic mass is 10.00. The number of amides is 2. The zero-order chi connectivity index (χ0) is 26.2. The Hall–Kier alpha value is -3.14. The number of hydrogen-bond acceptors (Lipinski definition) is 4. The summed E-state index contributed by atoms with van der Waals surface area (Å²) in [6, 6.07) is 15.6. The Kier molecular flexibility index (Phi) is 9.31. The molecule has 0 saturated heterocycles. The van der Waals surface area contributed by atoms with Gasteiger partial charge in [-0.15, -0.1) is 0 Å². The molecule has 0 radical (unpaired) electrons. The second kappa shape index (κ2) is 12.2. The van der Waals surface area contributed by atoms with E-state index in [1.165, 1.54) is 0 Å². The van der Waals surface area contributed by atoms with E-state index in [0.717, 1.165) is 28.8 Å². The van der Waals surface area contributed by atoms with Gasteiger partial charge in [-0.25, -0.2) is 0 Å². The molecule has 0 bridgehead atoms. The van der Waals surface area contributed by atoms with E-state index in [9.17, 15) is 9.59 Å². The summed E-state index contributed by atoms with van der Waals surface area (Å²) in [4.78, 5) is 27.5. The van der Waals surface area contributed by atoms with Crippen molar-refractivity contribution in [2.24, 2.45) is 0 Å². The molecule has 0 spiro atoms. The molecule has 1 aliphatic heterocycles. The van der Waals surface area contributed by atoms with Gasteiger partial charge in [-0.2, -0.15) is 0 Å². The van der Waals surface area contributed by atoms with Crippen molar-refractivity contribution in [2.45, 2.75) is 71.1 Å². The highest BCUT2D eigenvalue weighted by molar-refractivity contribution is 5.95. The van der Waals surface area contributed by atoms with Gasteiger partial charge in [-0.1, -0.05) is 42.2 Å². The number of fused-ring (bicyclic) bond motifs is 2. The van der Waals surface area contributed by atoms with Crippen molar-refractivity contribution >= 4 is 17.5 Å². The molecule has 2 N–H and O–H groups in total. The van der Waals surface area contributed by atoms with E-state index in [1.54, 1.807) is 4.90 Å². The van der Waals surface area contributed by atoms with Gasteiger partial charge < -0.3 is 20.3 Å². The Morgan fingerprint density at radius 2 is 1.61 bits per heavy atom. The predicted molar refractivity (Wildman–Crippen MR) is 145 cm³/mol. The summed E-state index contributed by atoms with van der Waals surface area (Å²) in [6.07, 6.45) is 2.07. The van der Waals surface area contributed by atoms with Crippen molar-refractivity contribution in [3.8, 4) is 11.8 Å². The van der Waals surface area contributed by atoms with E-state index in [0.29, 0.717) is 32.5 Å². The van der Waals surface area contributed by atoms with Crippen LogP contribution in [0.5, 0.6) is 0 Å². The van der Waals surface area contributed by atoms with Crippen molar-refractivity contribution in [1.82, 2.24) is 10.6 Å². The highest BCUT2D eigenvalue weighted by atomic mass is 16.5. The van der Waals surface area contributed by atoms with Gasteiger partial charge in [0.15, 0.2) is 0 Å². The van der Waals surface area contributed by atoms with Gasteiger partial charge in [0, 0.05) is 42.7 Å². The molecule has 2 amide bonds. The first-order valence-corrected chi connectivity index (χ1v) is 12.7. The van der Waals surface area contributed by atoms with E-state index >= 15 is 0 Å². The summed E-state index contributed by atoms with van der Waals surface area (Å²) in [5, 5.41) is 6.17. The third-order valence-electron chi connectivity index (χ3n) is 6.69. The van der Waals surface area contributed by atoms with Gasteiger partial charge in [0.25, 0.3) is 0 Å². The molecule has 3 rings (SSSR count). The van der Waals surface area contributed by atoms with Crippen LogP contribution in [0.1, 0.15) is 70.1 Å². The molecule has 0 unspecified atom stereocenters. The summed E-state index contributed by atoms with van der Waals surface area (Å²) in [5.41, 5.74) is 3.19. The number of ether oxygens (including phenoxy) is 1. The number of para-hydroxylation sites is 1. The molecular weight excluding hydrogens is 450 g/mol. The SMILES string of the molecule is CNC(C)(C)CCOC(C)(C)CCC(=O)NCCC(=O)N1Cc2ccccc2C#Cc2ccccc21. The van der Waals surface area contributed by atoms with E-state index < -0.39 is 0 Å². The minimum Gasteiger partial charge on any atom is -0.375 e. The highest BCUT2D eigenvalue weighted by Gasteiger charge is 2.23. The third-order valence-corrected chi connectivity index (χ3v) is 6.69. The fourth-order valence-corrected chi connectivity index (χ4v) is 3.93. The lowest BCUT2D eigenvalue weighted by molar-refractivity contribution is -0.123. The van der Waals surface area contributed by atoms with Crippen LogP contribution in [0.3, 0.4) is 0 Å². The zero-order valence-electron chi connectivity index (χ0n) is 22.2. The topological polar surface area (TPSA) is 70.7 Å². The number of hydrogen-bond donors (Lipinski definition) is 2. The largest absolute Gasteiger partial charge is 0.375 e. The maximum absolute atomic E-state index is 13.3. The van der Waals surface area contributed by atoms with Crippen molar-refractivity contribution in [2.75, 3.05) is 25.1 Å².